The summed E-state index contributed by atoms with van der Waals surface area (Å²) in [6.07, 6.45) is 0. The fourth-order valence-corrected chi connectivity index (χ4v) is 2.14. The number of para-hydroxylation sites is 1. The summed E-state index contributed by atoms with van der Waals surface area (Å²) in [7, 11) is 1.61. The first-order valence-electron chi connectivity index (χ1n) is 6.91. The maximum atomic E-state index is 12.0. The van der Waals surface area contributed by atoms with Gasteiger partial charge in [-0.3, -0.25) is 0 Å². The maximum Gasteiger partial charge on any atom is 0.319 e. The molecule has 0 aliphatic rings. The van der Waals surface area contributed by atoms with Crippen LogP contribution in [-0.4, -0.2) is 25.8 Å². The Labute approximate surface area is 125 Å². The number of methoxy groups -OCH3 is 1. The predicted molar refractivity (Wildman–Crippen MR) is 85.4 cm³/mol. The zero-order valence-electron chi connectivity index (χ0n) is 12.3. The monoisotopic (exact) mass is 284 g/mol. The average molecular weight is 284 g/mol. The van der Waals surface area contributed by atoms with Gasteiger partial charge in [0.2, 0.25) is 0 Å². The second-order valence-corrected chi connectivity index (χ2v) is 4.87. The van der Waals surface area contributed by atoms with Crippen LogP contribution in [0.5, 0.6) is 0 Å². The van der Waals surface area contributed by atoms with Crippen LogP contribution in [0, 0.1) is 0 Å². The number of hydrogen-bond donors (Lipinski definition) is 2. The van der Waals surface area contributed by atoms with Crippen molar-refractivity contribution in [1.82, 2.24) is 5.32 Å². The Hall–Kier alpha value is -2.33. The Balaban J connectivity index is 2.12. The number of nitrogens with one attached hydrogen (secondary N) is 2. The van der Waals surface area contributed by atoms with Gasteiger partial charge in [-0.15, -0.1) is 0 Å². The number of benzene rings is 2. The molecule has 0 aliphatic carbocycles. The van der Waals surface area contributed by atoms with E-state index in [1.807, 2.05) is 61.5 Å². The van der Waals surface area contributed by atoms with Gasteiger partial charge < -0.3 is 15.4 Å². The number of hydrogen-bond acceptors (Lipinski definition) is 2. The summed E-state index contributed by atoms with van der Waals surface area (Å²) in [6.45, 7) is 2.37. The van der Waals surface area contributed by atoms with Crippen LogP contribution in [0.1, 0.15) is 6.92 Å². The third-order valence-corrected chi connectivity index (χ3v) is 3.05. The third-order valence-electron chi connectivity index (χ3n) is 3.05. The molecule has 0 aliphatic heterocycles. The normalized spacial score (nSPS) is 11.7. The molecule has 0 radical (unpaired) electrons. The minimum atomic E-state index is -0.233. The minimum absolute atomic E-state index is 0.0427. The van der Waals surface area contributed by atoms with Gasteiger partial charge in [0.25, 0.3) is 0 Å². The van der Waals surface area contributed by atoms with Crippen LogP contribution in [0.15, 0.2) is 54.6 Å². The molecule has 4 heteroatoms. The molecular formula is C17H20N2O2. The van der Waals surface area contributed by atoms with E-state index < -0.39 is 0 Å². The van der Waals surface area contributed by atoms with Crippen molar-refractivity contribution in [3.8, 4) is 11.1 Å². The van der Waals surface area contributed by atoms with Crippen molar-refractivity contribution in [3.63, 3.8) is 0 Å². The van der Waals surface area contributed by atoms with Gasteiger partial charge in [-0.05, 0) is 18.6 Å². The number of anilines is 1. The Kier molecular flexibility index (Phi) is 5.35. The quantitative estimate of drug-likeness (QED) is 0.882. The van der Waals surface area contributed by atoms with E-state index in [0.717, 1.165) is 16.8 Å². The summed E-state index contributed by atoms with van der Waals surface area (Å²) in [5.41, 5.74) is 2.84. The van der Waals surface area contributed by atoms with E-state index in [1.54, 1.807) is 7.11 Å². The second-order valence-electron chi connectivity index (χ2n) is 4.87. The van der Waals surface area contributed by atoms with E-state index >= 15 is 0 Å². The lowest BCUT2D eigenvalue weighted by molar-refractivity contribution is 0.173. The Morgan fingerprint density at radius 2 is 1.76 bits per heavy atom. The average Bonchev–Trinajstić information content (AvgIpc) is 2.48. The smallest absolute Gasteiger partial charge is 0.319 e. The molecule has 0 saturated carbocycles. The fourth-order valence-electron chi connectivity index (χ4n) is 2.14. The standard InChI is InChI=1S/C17H20N2O2/c1-13(12-21-2)18-17(20)19-16-11-7-6-10-15(16)14-8-4-3-5-9-14/h3-11,13H,12H2,1-2H3,(H2,18,19,20). The molecule has 0 heterocycles. The van der Waals surface area contributed by atoms with Crippen LogP contribution in [0.3, 0.4) is 0 Å². The molecule has 2 N–H and O–H groups in total. The summed E-state index contributed by atoms with van der Waals surface area (Å²) in [6, 6.07) is 17.4. The predicted octanol–water partition coefficient (Wildman–Crippen LogP) is 3.51. The molecule has 0 saturated heterocycles. The SMILES string of the molecule is COCC(C)NC(=O)Nc1ccccc1-c1ccccc1. The highest BCUT2D eigenvalue weighted by Crippen LogP contribution is 2.27. The Bertz CT molecular complexity index is 584. The lowest BCUT2D eigenvalue weighted by Crippen LogP contribution is -2.38. The number of ether oxygens (including phenoxy) is 1. The molecular weight excluding hydrogens is 264 g/mol. The molecule has 2 rings (SSSR count). The zero-order chi connectivity index (χ0) is 15.1. The van der Waals surface area contributed by atoms with Gasteiger partial charge in [0, 0.05) is 12.7 Å². The Morgan fingerprint density at radius 3 is 2.48 bits per heavy atom. The molecule has 0 bridgehead atoms. The highest BCUT2D eigenvalue weighted by atomic mass is 16.5. The van der Waals surface area contributed by atoms with Crippen molar-refractivity contribution in [3.05, 3.63) is 54.6 Å². The second kappa shape index (κ2) is 7.45. The van der Waals surface area contributed by atoms with E-state index in [4.69, 9.17) is 4.74 Å². The zero-order valence-corrected chi connectivity index (χ0v) is 12.3. The largest absolute Gasteiger partial charge is 0.383 e. The molecule has 2 amide bonds. The van der Waals surface area contributed by atoms with E-state index in [0.29, 0.717) is 6.61 Å². The van der Waals surface area contributed by atoms with Gasteiger partial charge in [0.15, 0.2) is 0 Å². The third kappa shape index (κ3) is 4.33. The van der Waals surface area contributed by atoms with Crippen LogP contribution in [0.4, 0.5) is 10.5 Å². The molecule has 0 aromatic heterocycles. The van der Waals surface area contributed by atoms with Gasteiger partial charge in [-0.2, -0.15) is 0 Å². The number of carbonyl (C=O) groups excluding carboxylic acids is 1. The van der Waals surface area contributed by atoms with Crippen molar-refractivity contribution in [2.45, 2.75) is 13.0 Å². The van der Waals surface area contributed by atoms with Gasteiger partial charge in [0.05, 0.1) is 18.3 Å². The Morgan fingerprint density at radius 1 is 1.10 bits per heavy atom. The first kappa shape index (κ1) is 15.1. The minimum Gasteiger partial charge on any atom is -0.383 e. The summed E-state index contributed by atoms with van der Waals surface area (Å²) < 4.78 is 5.01. The van der Waals surface area contributed by atoms with Gasteiger partial charge in [-0.25, -0.2) is 4.79 Å². The van der Waals surface area contributed by atoms with Crippen LogP contribution >= 0.6 is 0 Å². The molecule has 110 valence electrons. The van der Waals surface area contributed by atoms with Crippen molar-refractivity contribution in [2.75, 3.05) is 19.0 Å². The van der Waals surface area contributed by atoms with E-state index in [9.17, 15) is 4.79 Å². The van der Waals surface area contributed by atoms with Gasteiger partial charge >= 0.3 is 6.03 Å². The van der Waals surface area contributed by atoms with Gasteiger partial charge in [-0.1, -0.05) is 48.5 Å². The van der Waals surface area contributed by atoms with Crippen molar-refractivity contribution < 1.29 is 9.53 Å². The maximum absolute atomic E-state index is 12.0. The molecule has 2 aromatic carbocycles. The molecule has 0 fully saturated rings. The van der Waals surface area contributed by atoms with E-state index in [1.165, 1.54) is 0 Å². The molecule has 4 nitrogen and oxygen atoms in total. The lowest BCUT2D eigenvalue weighted by Gasteiger charge is -2.15. The van der Waals surface area contributed by atoms with Crippen LogP contribution < -0.4 is 10.6 Å². The van der Waals surface area contributed by atoms with Gasteiger partial charge in [0.1, 0.15) is 0 Å². The molecule has 0 spiro atoms. The van der Waals surface area contributed by atoms with Crippen LogP contribution in [-0.2, 0) is 4.74 Å². The molecule has 1 unspecified atom stereocenters. The summed E-state index contributed by atoms with van der Waals surface area (Å²) >= 11 is 0. The van der Waals surface area contributed by atoms with E-state index in [2.05, 4.69) is 10.6 Å². The summed E-state index contributed by atoms with van der Waals surface area (Å²) in [5, 5.41) is 5.73. The highest BCUT2D eigenvalue weighted by molar-refractivity contribution is 5.94. The molecule has 1 atom stereocenters. The highest BCUT2D eigenvalue weighted by Gasteiger charge is 2.10. The lowest BCUT2D eigenvalue weighted by atomic mass is 10.0. The number of carbonyl (C=O) groups is 1. The number of amides is 2. The molecule has 21 heavy (non-hydrogen) atoms. The fraction of sp³-hybridized carbons (Fsp3) is 0.235. The summed E-state index contributed by atoms with van der Waals surface area (Å²) in [4.78, 5) is 12.0. The first-order chi connectivity index (χ1) is 10.2. The van der Waals surface area contributed by atoms with Crippen LogP contribution in [0.2, 0.25) is 0 Å². The van der Waals surface area contributed by atoms with Crippen molar-refractivity contribution >= 4 is 11.7 Å². The van der Waals surface area contributed by atoms with Crippen LogP contribution in [0.25, 0.3) is 11.1 Å². The molecule has 2 aromatic rings. The summed E-state index contributed by atoms with van der Waals surface area (Å²) in [5.74, 6) is 0. The van der Waals surface area contributed by atoms with E-state index in [-0.39, 0.29) is 12.1 Å². The topological polar surface area (TPSA) is 50.4 Å². The van der Waals surface area contributed by atoms with Crippen molar-refractivity contribution in [2.24, 2.45) is 0 Å². The number of rotatable bonds is 5. The number of urea groups is 1. The first-order valence-corrected chi connectivity index (χ1v) is 6.91. The van der Waals surface area contributed by atoms with Crippen molar-refractivity contribution in [1.29, 1.82) is 0 Å².